The fourth-order valence-electron chi connectivity index (χ4n) is 1.79. The topological polar surface area (TPSA) is 27.7 Å². The van der Waals surface area contributed by atoms with E-state index in [1.54, 1.807) is 14.2 Å². The molecule has 0 saturated heterocycles. The Bertz CT molecular complexity index is 356. The second-order valence-electron chi connectivity index (χ2n) is 3.79. The summed E-state index contributed by atoms with van der Waals surface area (Å²) in [6.07, 6.45) is 1.23. The maximum absolute atomic E-state index is 5.83. The second-order valence-corrected chi connectivity index (χ2v) is 4.96. The smallest absolute Gasteiger partial charge is 0.127 e. The Hall–Kier alpha value is -0.740. The normalized spacial score (nSPS) is 28.3. The quantitative estimate of drug-likeness (QED) is 0.797. The van der Waals surface area contributed by atoms with Gasteiger partial charge in [0.2, 0.25) is 0 Å². The Labute approximate surface area is 104 Å². The standard InChI is InChI=1S/C12H15BrO3/c1-14-8-4-3-5-9(6-8)16-11-7-10(13)12(11)15-2/h3-6,10-12H,7H2,1-2H3. The van der Waals surface area contributed by atoms with Crippen molar-refractivity contribution in [3.05, 3.63) is 24.3 Å². The minimum atomic E-state index is 0.126. The summed E-state index contributed by atoms with van der Waals surface area (Å²) < 4.78 is 16.3. The van der Waals surface area contributed by atoms with E-state index in [-0.39, 0.29) is 12.2 Å². The van der Waals surface area contributed by atoms with Crippen LogP contribution in [0.15, 0.2) is 24.3 Å². The first-order chi connectivity index (χ1) is 7.74. The fraction of sp³-hybridized carbons (Fsp3) is 0.500. The summed E-state index contributed by atoms with van der Waals surface area (Å²) >= 11 is 3.54. The molecule has 1 aliphatic carbocycles. The number of methoxy groups -OCH3 is 2. The highest BCUT2D eigenvalue weighted by Crippen LogP contribution is 2.34. The van der Waals surface area contributed by atoms with Crippen LogP contribution in [0.3, 0.4) is 0 Å². The molecule has 16 heavy (non-hydrogen) atoms. The van der Waals surface area contributed by atoms with Crippen LogP contribution in [0.4, 0.5) is 0 Å². The number of ether oxygens (including phenoxy) is 3. The molecule has 3 atom stereocenters. The molecule has 2 rings (SSSR count). The van der Waals surface area contributed by atoms with Gasteiger partial charge in [-0.25, -0.2) is 0 Å². The van der Waals surface area contributed by atoms with E-state index in [0.29, 0.717) is 4.83 Å². The van der Waals surface area contributed by atoms with E-state index >= 15 is 0 Å². The molecule has 0 bridgehead atoms. The second kappa shape index (κ2) is 5.06. The first-order valence-electron chi connectivity index (χ1n) is 5.22. The fourth-order valence-corrected chi connectivity index (χ4v) is 2.72. The van der Waals surface area contributed by atoms with Gasteiger partial charge in [-0.05, 0) is 12.1 Å². The van der Waals surface area contributed by atoms with Crippen molar-refractivity contribution in [2.24, 2.45) is 0 Å². The first-order valence-corrected chi connectivity index (χ1v) is 6.13. The number of halogens is 1. The summed E-state index contributed by atoms with van der Waals surface area (Å²) in [7, 11) is 3.36. The van der Waals surface area contributed by atoms with Gasteiger partial charge >= 0.3 is 0 Å². The van der Waals surface area contributed by atoms with Crippen LogP contribution in [0.25, 0.3) is 0 Å². The van der Waals surface area contributed by atoms with Gasteiger partial charge < -0.3 is 14.2 Å². The van der Waals surface area contributed by atoms with Gasteiger partial charge in [0.05, 0.1) is 7.11 Å². The number of benzene rings is 1. The van der Waals surface area contributed by atoms with Crippen LogP contribution in [0, 0.1) is 0 Å². The number of hydrogen-bond acceptors (Lipinski definition) is 3. The molecule has 0 heterocycles. The molecule has 0 aromatic heterocycles. The molecule has 0 spiro atoms. The summed E-state index contributed by atoms with van der Waals surface area (Å²) in [6.45, 7) is 0. The SMILES string of the molecule is COc1cccc(OC2CC(Br)C2OC)c1. The molecule has 88 valence electrons. The zero-order chi connectivity index (χ0) is 11.5. The molecule has 0 radical (unpaired) electrons. The summed E-state index contributed by atoms with van der Waals surface area (Å²) in [5.41, 5.74) is 0. The van der Waals surface area contributed by atoms with E-state index in [2.05, 4.69) is 15.9 Å². The lowest BCUT2D eigenvalue weighted by Crippen LogP contribution is -2.51. The van der Waals surface area contributed by atoms with Crippen molar-refractivity contribution in [1.82, 2.24) is 0 Å². The summed E-state index contributed by atoms with van der Waals surface area (Å²) in [5.74, 6) is 1.63. The molecule has 1 aliphatic rings. The van der Waals surface area contributed by atoms with E-state index in [9.17, 15) is 0 Å². The number of alkyl halides is 1. The number of rotatable bonds is 4. The van der Waals surface area contributed by atoms with Crippen molar-refractivity contribution in [3.8, 4) is 11.5 Å². The van der Waals surface area contributed by atoms with Crippen LogP contribution in [0.5, 0.6) is 11.5 Å². The molecular formula is C12H15BrO3. The van der Waals surface area contributed by atoms with Crippen molar-refractivity contribution >= 4 is 15.9 Å². The van der Waals surface area contributed by atoms with Crippen molar-refractivity contribution in [1.29, 1.82) is 0 Å². The molecule has 4 heteroatoms. The van der Waals surface area contributed by atoms with Crippen molar-refractivity contribution < 1.29 is 14.2 Å². The highest BCUT2D eigenvalue weighted by atomic mass is 79.9. The third kappa shape index (κ3) is 2.33. The van der Waals surface area contributed by atoms with Crippen molar-refractivity contribution in [2.75, 3.05) is 14.2 Å². The van der Waals surface area contributed by atoms with Gasteiger partial charge in [0.1, 0.15) is 23.7 Å². The Morgan fingerprint density at radius 1 is 1.25 bits per heavy atom. The third-order valence-corrected chi connectivity index (χ3v) is 3.68. The largest absolute Gasteiger partial charge is 0.497 e. The Balaban J connectivity index is 1.99. The van der Waals surface area contributed by atoms with Crippen LogP contribution in [0.2, 0.25) is 0 Å². The van der Waals surface area contributed by atoms with Crippen LogP contribution in [0.1, 0.15) is 6.42 Å². The van der Waals surface area contributed by atoms with Crippen LogP contribution >= 0.6 is 15.9 Å². The van der Waals surface area contributed by atoms with Crippen LogP contribution in [-0.4, -0.2) is 31.3 Å². The molecule has 1 saturated carbocycles. The minimum Gasteiger partial charge on any atom is -0.497 e. The molecule has 1 fully saturated rings. The lowest BCUT2D eigenvalue weighted by Gasteiger charge is -2.40. The van der Waals surface area contributed by atoms with Crippen molar-refractivity contribution in [2.45, 2.75) is 23.5 Å². The van der Waals surface area contributed by atoms with Gasteiger partial charge in [-0.15, -0.1) is 0 Å². The highest BCUT2D eigenvalue weighted by Gasteiger charge is 2.41. The molecule has 1 aromatic carbocycles. The maximum Gasteiger partial charge on any atom is 0.127 e. The van der Waals surface area contributed by atoms with E-state index in [4.69, 9.17) is 14.2 Å². The molecular weight excluding hydrogens is 272 g/mol. The zero-order valence-corrected chi connectivity index (χ0v) is 10.9. The lowest BCUT2D eigenvalue weighted by molar-refractivity contribution is -0.0545. The molecule has 0 aliphatic heterocycles. The lowest BCUT2D eigenvalue weighted by atomic mass is 9.91. The van der Waals surface area contributed by atoms with Crippen LogP contribution in [-0.2, 0) is 4.74 Å². The van der Waals surface area contributed by atoms with E-state index in [1.165, 1.54) is 0 Å². The third-order valence-electron chi connectivity index (χ3n) is 2.78. The molecule has 1 aromatic rings. The Morgan fingerprint density at radius 3 is 2.62 bits per heavy atom. The van der Waals surface area contributed by atoms with Gasteiger partial charge in [-0.2, -0.15) is 0 Å². The van der Waals surface area contributed by atoms with Gasteiger partial charge in [-0.3, -0.25) is 0 Å². The highest BCUT2D eigenvalue weighted by molar-refractivity contribution is 9.09. The van der Waals surface area contributed by atoms with Crippen LogP contribution < -0.4 is 9.47 Å². The average molecular weight is 287 g/mol. The van der Waals surface area contributed by atoms with E-state index in [0.717, 1.165) is 17.9 Å². The van der Waals surface area contributed by atoms with E-state index in [1.807, 2.05) is 24.3 Å². The Kier molecular flexibility index (Phi) is 3.71. The Morgan fingerprint density at radius 2 is 2.00 bits per heavy atom. The van der Waals surface area contributed by atoms with Gasteiger partial charge in [0.15, 0.2) is 0 Å². The summed E-state index contributed by atoms with van der Waals surface area (Å²) in [5, 5.41) is 0. The minimum absolute atomic E-state index is 0.126. The van der Waals surface area contributed by atoms with E-state index < -0.39 is 0 Å². The monoisotopic (exact) mass is 286 g/mol. The molecule has 3 unspecified atom stereocenters. The van der Waals surface area contributed by atoms with Crippen molar-refractivity contribution in [3.63, 3.8) is 0 Å². The molecule has 3 nitrogen and oxygen atoms in total. The van der Waals surface area contributed by atoms with Gasteiger partial charge in [-0.1, -0.05) is 22.0 Å². The van der Waals surface area contributed by atoms with Gasteiger partial charge in [0, 0.05) is 24.4 Å². The average Bonchev–Trinajstić information content (AvgIpc) is 2.29. The predicted octanol–water partition coefficient (Wildman–Crippen LogP) is 2.62. The van der Waals surface area contributed by atoms with Gasteiger partial charge in [0.25, 0.3) is 0 Å². The summed E-state index contributed by atoms with van der Waals surface area (Å²) in [6, 6.07) is 7.63. The predicted molar refractivity (Wildman–Crippen MR) is 65.5 cm³/mol. The summed E-state index contributed by atoms with van der Waals surface area (Å²) in [4.78, 5) is 0.396. The number of hydrogen-bond donors (Lipinski definition) is 0. The molecule has 0 N–H and O–H groups in total. The maximum atomic E-state index is 5.83. The zero-order valence-electron chi connectivity index (χ0n) is 9.35. The first kappa shape index (κ1) is 11.7. The molecule has 0 amide bonds.